The quantitative estimate of drug-likeness (QED) is 0.909. The summed E-state index contributed by atoms with van der Waals surface area (Å²) >= 11 is 0. The van der Waals surface area contributed by atoms with Crippen molar-refractivity contribution in [3.8, 4) is 11.3 Å². The van der Waals surface area contributed by atoms with Crippen molar-refractivity contribution in [3.63, 3.8) is 0 Å². The molecule has 0 radical (unpaired) electrons. The molecule has 1 aliphatic heterocycles. The molecule has 2 aromatic rings. The Morgan fingerprint density at radius 1 is 1.53 bits per heavy atom. The molecule has 0 aliphatic carbocycles. The van der Waals surface area contributed by atoms with Crippen LogP contribution in [-0.2, 0) is 6.54 Å². The van der Waals surface area contributed by atoms with Crippen LogP contribution in [-0.4, -0.2) is 32.6 Å². The van der Waals surface area contributed by atoms with Gasteiger partial charge in [0.15, 0.2) is 5.82 Å². The molecule has 3 heterocycles. The highest BCUT2D eigenvalue weighted by Gasteiger charge is 2.38. The molecular formula is C13H16FN5. The minimum absolute atomic E-state index is 0.272. The van der Waals surface area contributed by atoms with Crippen LogP contribution < -0.4 is 5.32 Å². The first kappa shape index (κ1) is 12.2. The zero-order chi connectivity index (χ0) is 13.5. The fourth-order valence-electron chi connectivity index (χ4n) is 2.25. The first-order chi connectivity index (χ1) is 9.06. The second-order valence-corrected chi connectivity index (χ2v) is 5.60. The smallest absolute Gasteiger partial charge is 0.150 e. The van der Waals surface area contributed by atoms with Gasteiger partial charge in [-0.15, -0.1) is 5.10 Å². The van der Waals surface area contributed by atoms with Gasteiger partial charge in [-0.2, -0.15) is 0 Å². The number of hydrogen-bond acceptors (Lipinski definition) is 4. The van der Waals surface area contributed by atoms with E-state index in [0.29, 0.717) is 17.3 Å². The molecule has 0 saturated carbocycles. The van der Waals surface area contributed by atoms with E-state index in [4.69, 9.17) is 0 Å². The Labute approximate surface area is 110 Å². The Balaban J connectivity index is 1.79. The lowest BCUT2D eigenvalue weighted by molar-refractivity contribution is 0.107. The fraction of sp³-hybridized carbons (Fsp3) is 0.462. The zero-order valence-corrected chi connectivity index (χ0v) is 11.0. The number of nitrogens with zero attached hydrogens (tertiary/aromatic N) is 4. The second-order valence-electron chi connectivity index (χ2n) is 5.60. The maximum Gasteiger partial charge on any atom is 0.150 e. The third-order valence-electron chi connectivity index (χ3n) is 3.70. The first-order valence-electron chi connectivity index (χ1n) is 6.30. The molecule has 0 bridgehead atoms. The van der Waals surface area contributed by atoms with Crippen molar-refractivity contribution in [1.29, 1.82) is 0 Å². The van der Waals surface area contributed by atoms with Gasteiger partial charge >= 0.3 is 0 Å². The van der Waals surface area contributed by atoms with Gasteiger partial charge in [-0.1, -0.05) is 19.1 Å². The van der Waals surface area contributed by atoms with Crippen molar-refractivity contribution < 1.29 is 4.39 Å². The topological polar surface area (TPSA) is 55.6 Å². The first-order valence-corrected chi connectivity index (χ1v) is 6.30. The lowest BCUT2D eigenvalue weighted by Gasteiger charge is -2.45. The lowest BCUT2D eigenvalue weighted by Crippen LogP contribution is -2.61. The van der Waals surface area contributed by atoms with E-state index in [-0.39, 0.29) is 11.2 Å². The van der Waals surface area contributed by atoms with Crippen LogP contribution in [0.4, 0.5) is 4.39 Å². The molecule has 1 aliphatic rings. The van der Waals surface area contributed by atoms with E-state index >= 15 is 0 Å². The lowest BCUT2D eigenvalue weighted by atomic mass is 9.77. The molecule has 0 amide bonds. The minimum atomic E-state index is -0.378. The maximum atomic E-state index is 13.6. The zero-order valence-electron chi connectivity index (χ0n) is 11.0. The van der Waals surface area contributed by atoms with E-state index < -0.39 is 0 Å². The van der Waals surface area contributed by atoms with Crippen LogP contribution in [0.1, 0.15) is 13.8 Å². The molecule has 0 spiro atoms. The van der Waals surface area contributed by atoms with E-state index in [1.807, 2.05) is 0 Å². The highest BCUT2D eigenvalue weighted by Crippen LogP contribution is 2.29. The van der Waals surface area contributed by atoms with Crippen LogP contribution in [0.2, 0.25) is 0 Å². The van der Waals surface area contributed by atoms with E-state index in [9.17, 15) is 4.39 Å². The highest BCUT2D eigenvalue weighted by molar-refractivity contribution is 5.57. The van der Waals surface area contributed by atoms with Crippen molar-refractivity contribution in [2.45, 2.75) is 26.4 Å². The molecule has 1 saturated heterocycles. The Morgan fingerprint density at radius 3 is 3.00 bits per heavy atom. The third kappa shape index (κ3) is 2.23. The molecule has 3 rings (SSSR count). The van der Waals surface area contributed by atoms with E-state index in [1.54, 1.807) is 23.1 Å². The average molecular weight is 261 g/mol. The summed E-state index contributed by atoms with van der Waals surface area (Å²) in [6.07, 6.45) is 4.51. The average Bonchev–Trinajstić information content (AvgIpc) is 2.84. The number of nitrogens with one attached hydrogen (secondary N) is 1. The summed E-state index contributed by atoms with van der Waals surface area (Å²) in [5, 5.41) is 11.5. The van der Waals surface area contributed by atoms with E-state index in [2.05, 4.69) is 34.5 Å². The van der Waals surface area contributed by atoms with Crippen molar-refractivity contribution in [2.75, 3.05) is 6.54 Å². The predicted molar refractivity (Wildman–Crippen MR) is 68.8 cm³/mol. The molecular weight excluding hydrogens is 245 g/mol. The molecule has 1 N–H and O–H groups in total. The van der Waals surface area contributed by atoms with Crippen LogP contribution in [0, 0.1) is 11.2 Å². The number of aromatic nitrogens is 4. The summed E-state index contributed by atoms with van der Waals surface area (Å²) in [5.41, 5.74) is 1.24. The number of halogens is 1. The second kappa shape index (κ2) is 4.38. The molecule has 0 aromatic carbocycles. The summed E-state index contributed by atoms with van der Waals surface area (Å²) in [4.78, 5) is 3.73. The van der Waals surface area contributed by atoms with Gasteiger partial charge in [-0.25, -0.2) is 4.39 Å². The Kier molecular flexibility index (Phi) is 2.82. The Bertz CT molecular complexity index is 592. The number of rotatable bonds is 3. The molecule has 1 atom stereocenters. The van der Waals surface area contributed by atoms with Gasteiger partial charge in [0, 0.05) is 24.3 Å². The standard InChI is InChI=1S/C13H16FN5/c1-13(2)8-16-12(13)7-19-6-11(17-18-19)9-3-4-15-5-10(9)14/h3-6,12,16H,7-8H2,1-2H3. The maximum absolute atomic E-state index is 13.6. The third-order valence-corrected chi connectivity index (χ3v) is 3.70. The van der Waals surface area contributed by atoms with Crippen LogP contribution >= 0.6 is 0 Å². The summed E-state index contributed by atoms with van der Waals surface area (Å²) in [5.74, 6) is -0.378. The molecule has 19 heavy (non-hydrogen) atoms. The molecule has 1 unspecified atom stereocenters. The van der Waals surface area contributed by atoms with Crippen LogP contribution in [0.5, 0.6) is 0 Å². The van der Waals surface area contributed by atoms with Gasteiger partial charge in [0.1, 0.15) is 5.69 Å². The SMILES string of the molecule is CC1(C)CNC1Cn1cc(-c2ccncc2F)nn1. The Hall–Kier alpha value is -1.82. The molecule has 5 nitrogen and oxygen atoms in total. The van der Waals surface area contributed by atoms with Gasteiger partial charge in [-0.3, -0.25) is 9.67 Å². The van der Waals surface area contributed by atoms with Gasteiger partial charge in [0.25, 0.3) is 0 Å². The van der Waals surface area contributed by atoms with Crippen LogP contribution in [0.15, 0.2) is 24.7 Å². The summed E-state index contributed by atoms with van der Waals surface area (Å²) in [6, 6.07) is 1.99. The molecule has 1 fully saturated rings. The van der Waals surface area contributed by atoms with Gasteiger partial charge in [0.05, 0.1) is 18.9 Å². The van der Waals surface area contributed by atoms with E-state index in [1.165, 1.54) is 6.20 Å². The monoisotopic (exact) mass is 261 g/mol. The Morgan fingerprint density at radius 2 is 2.37 bits per heavy atom. The predicted octanol–water partition coefficient (Wildman–Crippen LogP) is 1.48. The van der Waals surface area contributed by atoms with Crippen LogP contribution in [0.25, 0.3) is 11.3 Å². The molecule has 6 heteroatoms. The van der Waals surface area contributed by atoms with Gasteiger partial charge < -0.3 is 5.32 Å². The largest absolute Gasteiger partial charge is 0.311 e. The highest BCUT2D eigenvalue weighted by atomic mass is 19.1. The van der Waals surface area contributed by atoms with Gasteiger partial charge in [-0.05, 0) is 11.5 Å². The minimum Gasteiger partial charge on any atom is -0.311 e. The normalized spacial score (nSPS) is 21.1. The number of hydrogen-bond donors (Lipinski definition) is 1. The van der Waals surface area contributed by atoms with Crippen LogP contribution in [0.3, 0.4) is 0 Å². The number of pyridine rings is 1. The van der Waals surface area contributed by atoms with Crippen molar-refractivity contribution in [2.24, 2.45) is 5.41 Å². The summed E-state index contributed by atoms with van der Waals surface area (Å²) in [7, 11) is 0. The van der Waals surface area contributed by atoms with Gasteiger partial charge in [0.2, 0.25) is 0 Å². The van der Waals surface area contributed by atoms with E-state index in [0.717, 1.165) is 13.1 Å². The van der Waals surface area contributed by atoms with Crippen molar-refractivity contribution in [3.05, 3.63) is 30.5 Å². The molecule has 2 aromatic heterocycles. The summed E-state index contributed by atoms with van der Waals surface area (Å²) < 4.78 is 15.4. The molecule has 100 valence electrons. The summed E-state index contributed by atoms with van der Waals surface area (Å²) in [6.45, 7) is 6.19. The van der Waals surface area contributed by atoms with Crippen molar-refractivity contribution in [1.82, 2.24) is 25.3 Å². The van der Waals surface area contributed by atoms with Crippen molar-refractivity contribution >= 4 is 0 Å². The fourth-order valence-corrected chi connectivity index (χ4v) is 2.25.